The van der Waals surface area contributed by atoms with Gasteiger partial charge in [-0.2, -0.15) is 0 Å². The molecule has 2 rings (SSSR count). The molecule has 1 unspecified atom stereocenters. The molecule has 1 N–H and O–H groups in total. The van der Waals surface area contributed by atoms with Crippen molar-refractivity contribution in [3.63, 3.8) is 0 Å². The number of rotatable bonds is 8. The minimum absolute atomic E-state index is 0.0542. The number of benzene rings is 1. The minimum Gasteiger partial charge on any atom is -0.484 e. The average molecular weight is 356 g/mol. The van der Waals surface area contributed by atoms with Gasteiger partial charge in [-0.05, 0) is 37.6 Å². The van der Waals surface area contributed by atoms with Crippen molar-refractivity contribution >= 4 is 29.3 Å². The minimum atomic E-state index is -0.0542. The first-order chi connectivity index (χ1) is 11.1. The number of halogens is 1. The predicted octanol–water partition coefficient (Wildman–Crippen LogP) is 3.31. The highest BCUT2D eigenvalue weighted by atomic mass is 35.5. The number of nitrogens with one attached hydrogen (secondary N) is 1. The van der Waals surface area contributed by atoms with E-state index >= 15 is 0 Å². The SMILES string of the molecule is CCC(C)NC(=O)CSc1nnc(COc2ccc(Cl)cc2)o1. The molecule has 0 aliphatic heterocycles. The lowest BCUT2D eigenvalue weighted by Crippen LogP contribution is -2.33. The van der Waals surface area contributed by atoms with Crippen LogP contribution >= 0.6 is 23.4 Å². The van der Waals surface area contributed by atoms with E-state index in [-0.39, 0.29) is 24.3 Å². The summed E-state index contributed by atoms with van der Waals surface area (Å²) >= 11 is 7.00. The summed E-state index contributed by atoms with van der Waals surface area (Å²) in [7, 11) is 0. The van der Waals surface area contributed by atoms with Crippen LogP contribution in [0, 0.1) is 0 Å². The van der Waals surface area contributed by atoms with Gasteiger partial charge in [-0.3, -0.25) is 4.79 Å². The highest BCUT2D eigenvalue weighted by molar-refractivity contribution is 7.99. The molecule has 1 heterocycles. The maximum Gasteiger partial charge on any atom is 0.277 e. The summed E-state index contributed by atoms with van der Waals surface area (Å²) in [4.78, 5) is 11.7. The molecule has 8 heteroatoms. The van der Waals surface area contributed by atoms with Gasteiger partial charge in [0, 0.05) is 11.1 Å². The Kier molecular flexibility index (Phi) is 6.73. The van der Waals surface area contributed by atoms with E-state index < -0.39 is 0 Å². The number of aromatic nitrogens is 2. The molecule has 0 aliphatic carbocycles. The summed E-state index contributed by atoms with van der Waals surface area (Å²) in [5.41, 5.74) is 0. The largest absolute Gasteiger partial charge is 0.484 e. The van der Waals surface area contributed by atoms with Crippen LogP contribution in [-0.2, 0) is 11.4 Å². The smallest absolute Gasteiger partial charge is 0.277 e. The van der Waals surface area contributed by atoms with Crippen molar-refractivity contribution in [2.45, 2.75) is 38.1 Å². The van der Waals surface area contributed by atoms with Crippen LogP contribution in [0.5, 0.6) is 5.75 Å². The van der Waals surface area contributed by atoms with Crippen LogP contribution in [0.4, 0.5) is 0 Å². The fraction of sp³-hybridized carbons (Fsp3) is 0.400. The number of ether oxygens (including phenoxy) is 1. The Morgan fingerprint density at radius 1 is 1.39 bits per heavy atom. The summed E-state index contributed by atoms with van der Waals surface area (Å²) in [5, 5.41) is 11.6. The van der Waals surface area contributed by atoms with Crippen LogP contribution < -0.4 is 10.1 Å². The van der Waals surface area contributed by atoms with Crippen LogP contribution in [-0.4, -0.2) is 27.9 Å². The van der Waals surface area contributed by atoms with Crippen molar-refractivity contribution in [2.75, 3.05) is 5.75 Å². The number of amides is 1. The Morgan fingerprint density at radius 2 is 2.13 bits per heavy atom. The second kappa shape index (κ2) is 8.79. The maximum atomic E-state index is 11.7. The van der Waals surface area contributed by atoms with Crippen molar-refractivity contribution in [2.24, 2.45) is 0 Å². The first-order valence-electron chi connectivity index (χ1n) is 7.19. The number of hydrogen-bond acceptors (Lipinski definition) is 6. The van der Waals surface area contributed by atoms with Gasteiger partial charge in [-0.25, -0.2) is 0 Å². The van der Waals surface area contributed by atoms with Crippen LogP contribution in [0.25, 0.3) is 0 Å². The Balaban J connectivity index is 1.77. The molecule has 0 bridgehead atoms. The molecule has 0 saturated carbocycles. The maximum absolute atomic E-state index is 11.7. The van der Waals surface area contributed by atoms with Gasteiger partial charge >= 0.3 is 0 Å². The van der Waals surface area contributed by atoms with Crippen molar-refractivity contribution < 1.29 is 13.9 Å². The first kappa shape index (κ1) is 17.6. The van der Waals surface area contributed by atoms with E-state index in [1.54, 1.807) is 24.3 Å². The molecule has 0 aliphatic rings. The Labute approximate surface area is 143 Å². The fourth-order valence-corrected chi connectivity index (χ4v) is 2.29. The van der Waals surface area contributed by atoms with E-state index in [1.807, 2.05) is 13.8 Å². The highest BCUT2D eigenvalue weighted by Crippen LogP contribution is 2.19. The molecule has 1 atom stereocenters. The standard InChI is InChI=1S/C15H18ClN3O3S/c1-3-10(2)17-13(20)9-23-15-19-18-14(22-15)8-21-12-6-4-11(16)5-7-12/h4-7,10H,3,8-9H2,1-2H3,(H,17,20). The van der Waals surface area contributed by atoms with Crippen molar-refractivity contribution in [3.8, 4) is 5.75 Å². The van der Waals surface area contributed by atoms with E-state index in [4.69, 9.17) is 20.8 Å². The van der Waals surface area contributed by atoms with Gasteiger partial charge in [0.05, 0.1) is 5.75 Å². The van der Waals surface area contributed by atoms with Gasteiger partial charge in [0.1, 0.15) is 5.75 Å². The Bertz CT molecular complexity index is 633. The lowest BCUT2D eigenvalue weighted by Gasteiger charge is -2.09. The van der Waals surface area contributed by atoms with Crippen molar-refractivity contribution in [1.82, 2.24) is 15.5 Å². The monoisotopic (exact) mass is 355 g/mol. The van der Waals surface area contributed by atoms with Crippen LogP contribution in [0.2, 0.25) is 5.02 Å². The molecule has 23 heavy (non-hydrogen) atoms. The molecule has 0 radical (unpaired) electrons. The Hall–Kier alpha value is -1.73. The third-order valence-electron chi connectivity index (χ3n) is 2.97. The molecule has 0 fully saturated rings. The van der Waals surface area contributed by atoms with E-state index in [9.17, 15) is 4.79 Å². The Morgan fingerprint density at radius 3 is 2.83 bits per heavy atom. The molecule has 6 nitrogen and oxygen atoms in total. The molecule has 0 spiro atoms. The summed E-state index contributed by atoms with van der Waals surface area (Å²) in [6.45, 7) is 4.14. The molecule has 1 amide bonds. The first-order valence-corrected chi connectivity index (χ1v) is 8.56. The fourth-order valence-electron chi connectivity index (χ4n) is 1.58. The van der Waals surface area contributed by atoms with Crippen LogP contribution in [0.15, 0.2) is 33.9 Å². The molecule has 1 aromatic heterocycles. The van der Waals surface area contributed by atoms with E-state index in [1.165, 1.54) is 11.8 Å². The summed E-state index contributed by atoms with van der Waals surface area (Å²) < 4.78 is 10.9. The second-order valence-electron chi connectivity index (χ2n) is 4.87. The zero-order valence-corrected chi connectivity index (χ0v) is 14.5. The summed E-state index contributed by atoms with van der Waals surface area (Å²) in [5.74, 6) is 1.20. The summed E-state index contributed by atoms with van der Waals surface area (Å²) in [6.07, 6.45) is 0.892. The lowest BCUT2D eigenvalue weighted by molar-refractivity contribution is -0.119. The molecular weight excluding hydrogens is 338 g/mol. The van der Waals surface area contributed by atoms with Gasteiger partial charge in [-0.1, -0.05) is 30.3 Å². The molecule has 124 valence electrons. The van der Waals surface area contributed by atoms with Gasteiger partial charge in [0.2, 0.25) is 5.91 Å². The van der Waals surface area contributed by atoms with Gasteiger partial charge in [-0.15, -0.1) is 10.2 Å². The number of hydrogen-bond donors (Lipinski definition) is 1. The number of carbonyl (C=O) groups excluding carboxylic acids is 1. The molecule has 0 saturated heterocycles. The lowest BCUT2D eigenvalue weighted by atomic mass is 10.3. The van der Waals surface area contributed by atoms with E-state index in [2.05, 4.69) is 15.5 Å². The van der Waals surface area contributed by atoms with Crippen molar-refractivity contribution in [1.29, 1.82) is 0 Å². The highest BCUT2D eigenvalue weighted by Gasteiger charge is 2.11. The summed E-state index contributed by atoms with van der Waals surface area (Å²) in [6, 6.07) is 7.15. The van der Waals surface area contributed by atoms with Gasteiger partial charge in [0.15, 0.2) is 6.61 Å². The zero-order valence-electron chi connectivity index (χ0n) is 12.9. The van der Waals surface area contributed by atoms with Gasteiger partial charge < -0.3 is 14.5 Å². The predicted molar refractivity (Wildman–Crippen MR) is 88.7 cm³/mol. The van der Waals surface area contributed by atoms with E-state index in [0.29, 0.717) is 21.9 Å². The number of thioether (sulfide) groups is 1. The quantitative estimate of drug-likeness (QED) is 0.732. The third-order valence-corrected chi connectivity index (χ3v) is 4.04. The van der Waals surface area contributed by atoms with E-state index in [0.717, 1.165) is 6.42 Å². The third kappa shape index (κ3) is 6.11. The van der Waals surface area contributed by atoms with Crippen LogP contribution in [0.3, 0.4) is 0 Å². The number of carbonyl (C=O) groups is 1. The zero-order chi connectivity index (χ0) is 16.7. The second-order valence-corrected chi connectivity index (χ2v) is 6.23. The average Bonchev–Trinajstić information content (AvgIpc) is 3.00. The normalized spacial score (nSPS) is 12.0. The number of nitrogens with zero attached hydrogens (tertiary/aromatic N) is 2. The molecule has 2 aromatic rings. The van der Waals surface area contributed by atoms with Crippen molar-refractivity contribution in [3.05, 3.63) is 35.2 Å². The topological polar surface area (TPSA) is 77.2 Å². The van der Waals surface area contributed by atoms with Gasteiger partial charge in [0.25, 0.3) is 11.1 Å². The van der Waals surface area contributed by atoms with Crippen LogP contribution in [0.1, 0.15) is 26.2 Å². The molecule has 1 aromatic carbocycles. The molecular formula is C15H18ClN3O3S.